The number of hydrogen-bond donors (Lipinski definition) is 0. The van der Waals surface area contributed by atoms with Crippen molar-refractivity contribution in [3.63, 3.8) is 0 Å². The Morgan fingerprint density at radius 1 is 1.44 bits per heavy atom. The summed E-state index contributed by atoms with van der Waals surface area (Å²) in [6.45, 7) is 4.39. The minimum absolute atomic E-state index is 0.289. The molecule has 0 spiro atoms. The zero-order valence-electron chi connectivity index (χ0n) is 11.0. The molecule has 1 aliphatic rings. The Hall–Kier alpha value is -0.840. The summed E-state index contributed by atoms with van der Waals surface area (Å²) in [6, 6.07) is 0. The van der Waals surface area contributed by atoms with Gasteiger partial charge in [-0.3, -0.25) is 4.79 Å². The van der Waals surface area contributed by atoms with Crippen LogP contribution in [0, 0.1) is 0 Å². The Balaban J connectivity index is 1.87. The first kappa shape index (κ1) is 13.6. The molecule has 2 rings (SSSR count). The van der Waals surface area contributed by atoms with Crippen molar-refractivity contribution in [3.8, 4) is 0 Å². The average molecular weight is 268 g/mol. The van der Waals surface area contributed by atoms with Crippen LogP contribution < -0.4 is 0 Å². The molecule has 18 heavy (non-hydrogen) atoms. The van der Waals surface area contributed by atoms with E-state index in [0.717, 1.165) is 36.7 Å². The molecule has 100 valence electrons. The van der Waals surface area contributed by atoms with E-state index in [2.05, 4.69) is 24.0 Å². The Morgan fingerprint density at radius 3 is 2.83 bits per heavy atom. The molecule has 0 radical (unpaired) electrons. The third kappa shape index (κ3) is 3.57. The molecule has 0 amide bonds. The van der Waals surface area contributed by atoms with Gasteiger partial charge in [0.15, 0.2) is 5.82 Å². The average Bonchev–Trinajstić information content (AvgIpc) is 2.85. The molecule has 0 aromatic carbocycles. The van der Waals surface area contributed by atoms with E-state index < -0.39 is 0 Å². The van der Waals surface area contributed by atoms with Crippen molar-refractivity contribution in [1.29, 1.82) is 0 Å². The second-order valence-corrected chi connectivity index (χ2v) is 6.32. The molecule has 1 saturated carbocycles. The summed E-state index contributed by atoms with van der Waals surface area (Å²) in [7, 11) is 0. The molecule has 5 heteroatoms. The predicted molar refractivity (Wildman–Crippen MR) is 71.6 cm³/mol. The Kier molecular flexibility index (Phi) is 4.80. The molecule has 0 bridgehead atoms. The molecule has 1 fully saturated rings. The quantitative estimate of drug-likeness (QED) is 0.820. The van der Waals surface area contributed by atoms with Gasteiger partial charge in [0.25, 0.3) is 0 Å². The highest BCUT2D eigenvalue weighted by Gasteiger charge is 2.24. The highest BCUT2D eigenvalue weighted by molar-refractivity contribution is 7.99. The predicted octanol–water partition coefficient (Wildman–Crippen LogP) is 3.33. The second kappa shape index (κ2) is 6.36. The topological polar surface area (TPSA) is 56.0 Å². The standard InChI is InChI=1S/C13H20N2O2S/c1-3-9(2)18-8-12-14-13(17-15-12)10-4-6-11(16)7-5-10/h9-10H,3-8H2,1-2H3. The van der Waals surface area contributed by atoms with Gasteiger partial charge in [-0.25, -0.2) is 0 Å². The van der Waals surface area contributed by atoms with Crippen LogP contribution in [0.2, 0.25) is 0 Å². The van der Waals surface area contributed by atoms with Gasteiger partial charge in [0.05, 0.1) is 5.75 Å². The third-order valence-corrected chi connectivity index (χ3v) is 4.78. The highest BCUT2D eigenvalue weighted by atomic mass is 32.2. The molecule has 1 unspecified atom stereocenters. The molecule has 4 nitrogen and oxygen atoms in total. The van der Waals surface area contributed by atoms with Crippen LogP contribution in [0.25, 0.3) is 0 Å². The zero-order chi connectivity index (χ0) is 13.0. The molecular formula is C13H20N2O2S. The van der Waals surface area contributed by atoms with E-state index in [-0.39, 0.29) is 5.92 Å². The van der Waals surface area contributed by atoms with Gasteiger partial charge in [-0.1, -0.05) is 19.0 Å². The van der Waals surface area contributed by atoms with Crippen LogP contribution in [0.15, 0.2) is 4.52 Å². The van der Waals surface area contributed by atoms with Crippen LogP contribution in [0.5, 0.6) is 0 Å². The van der Waals surface area contributed by atoms with Crippen LogP contribution >= 0.6 is 11.8 Å². The fraction of sp³-hybridized carbons (Fsp3) is 0.769. The maximum Gasteiger partial charge on any atom is 0.229 e. The molecule has 1 heterocycles. The third-order valence-electron chi connectivity index (χ3n) is 3.45. The van der Waals surface area contributed by atoms with Crippen molar-refractivity contribution in [2.45, 2.75) is 62.9 Å². The second-order valence-electron chi connectivity index (χ2n) is 4.89. The van der Waals surface area contributed by atoms with Gasteiger partial charge in [0.1, 0.15) is 5.78 Å². The summed E-state index contributed by atoms with van der Waals surface area (Å²) < 4.78 is 5.32. The van der Waals surface area contributed by atoms with Crippen LogP contribution in [0.3, 0.4) is 0 Å². The number of ketones is 1. The van der Waals surface area contributed by atoms with Gasteiger partial charge in [0, 0.05) is 24.0 Å². The molecule has 1 aliphatic carbocycles. The number of aromatic nitrogens is 2. The monoisotopic (exact) mass is 268 g/mol. The van der Waals surface area contributed by atoms with Crippen molar-refractivity contribution in [2.75, 3.05) is 0 Å². The van der Waals surface area contributed by atoms with Crippen LogP contribution in [0.1, 0.15) is 63.6 Å². The van der Waals surface area contributed by atoms with E-state index in [9.17, 15) is 4.79 Å². The lowest BCUT2D eigenvalue weighted by molar-refractivity contribution is -0.120. The summed E-state index contributed by atoms with van der Waals surface area (Å²) in [5.41, 5.74) is 0. The Labute approximate surface area is 112 Å². The van der Waals surface area contributed by atoms with E-state index in [4.69, 9.17) is 4.52 Å². The maximum absolute atomic E-state index is 11.2. The number of hydrogen-bond acceptors (Lipinski definition) is 5. The van der Waals surface area contributed by atoms with E-state index in [0.29, 0.717) is 23.9 Å². The fourth-order valence-electron chi connectivity index (χ4n) is 2.01. The number of carbonyl (C=O) groups excluding carboxylic acids is 1. The van der Waals surface area contributed by atoms with Gasteiger partial charge < -0.3 is 4.52 Å². The summed E-state index contributed by atoms with van der Waals surface area (Å²) in [4.78, 5) is 15.6. The fourth-order valence-corrected chi connectivity index (χ4v) is 2.80. The lowest BCUT2D eigenvalue weighted by atomic mass is 9.88. The highest BCUT2D eigenvalue weighted by Crippen LogP contribution is 2.30. The maximum atomic E-state index is 11.2. The van der Waals surface area contributed by atoms with Crippen molar-refractivity contribution >= 4 is 17.5 Å². The number of Topliss-reactive ketones (excluding diaryl/α,β-unsaturated/α-hetero) is 1. The van der Waals surface area contributed by atoms with Crippen molar-refractivity contribution in [1.82, 2.24) is 10.1 Å². The smallest absolute Gasteiger partial charge is 0.229 e. The number of thioether (sulfide) groups is 1. The molecule has 1 aromatic heterocycles. The summed E-state index contributed by atoms with van der Waals surface area (Å²) in [6.07, 6.45) is 4.19. The summed E-state index contributed by atoms with van der Waals surface area (Å²) in [5.74, 6) is 2.97. The van der Waals surface area contributed by atoms with Gasteiger partial charge in [0.2, 0.25) is 5.89 Å². The van der Waals surface area contributed by atoms with Gasteiger partial charge in [-0.2, -0.15) is 16.7 Å². The number of carbonyl (C=O) groups is 1. The number of nitrogens with zero attached hydrogens (tertiary/aromatic N) is 2. The molecule has 0 aliphatic heterocycles. The number of rotatable bonds is 5. The molecule has 0 N–H and O–H groups in total. The van der Waals surface area contributed by atoms with Crippen molar-refractivity contribution in [2.24, 2.45) is 0 Å². The SMILES string of the molecule is CCC(C)SCc1noc(C2CCC(=O)CC2)n1. The van der Waals surface area contributed by atoms with E-state index in [1.165, 1.54) is 0 Å². The van der Waals surface area contributed by atoms with E-state index >= 15 is 0 Å². The first-order chi connectivity index (χ1) is 8.69. The first-order valence-corrected chi connectivity index (χ1v) is 7.69. The lowest BCUT2D eigenvalue weighted by Crippen LogP contribution is -2.12. The molecular weight excluding hydrogens is 248 g/mol. The zero-order valence-corrected chi connectivity index (χ0v) is 11.8. The Bertz CT molecular complexity index is 395. The minimum Gasteiger partial charge on any atom is -0.339 e. The normalized spacial score (nSPS) is 19.1. The molecule has 1 aromatic rings. The first-order valence-electron chi connectivity index (χ1n) is 6.64. The van der Waals surface area contributed by atoms with Gasteiger partial charge >= 0.3 is 0 Å². The van der Waals surface area contributed by atoms with E-state index in [1.54, 1.807) is 0 Å². The van der Waals surface area contributed by atoms with E-state index in [1.807, 2.05) is 11.8 Å². The lowest BCUT2D eigenvalue weighted by Gasteiger charge is -2.16. The molecule has 1 atom stereocenters. The molecule has 0 saturated heterocycles. The Morgan fingerprint density at radius 2 is 2.17 bits per heavy atom. The van der Waals surface area contributed by atoms with Crippen LogP contribution in [-0.4, -0.2) is 21.2 Å². The van der Waals surface area contributed by atoms with Crippen LogP contribution in [0.4, 0.5) is 0 Å². The summed E-state index contributed by atoms with van der Waals surface area (Å²) >= 11 is 1.85. The van der Waals surface area contributed by atoms with Gasteiger partial charge in [-0.05, 0) is 19.3 Å². The largest absolute Gasteiger partial charge is 0.339 e. The van der Waals surface area contributed by atoms with Crippen molar-refractivity contribution < 1.29 is 9.32 Å². The minimum atomic E-state index is 0.289. The van der Waals surface area contributed by atoms with Gasteiger partial charge in [-0.15, -0.1) is 0 Å². The van der Waals surface area contributed by atoms with Crippen molar-refractivity contribution in [3.05, 3.63) is 11.7 Å². The van der Waals surface area contributed by atoms with Crippen LogP contribution in [-0.2, 0) is 10.5 Å². The summed E-state index contributed by atoms with van der Waals surface area (Å²) in [5, 5.41) is 4.65.